The summed E-state index contributed by atoms with van der Waals surface area (Å²) >= 11 is 0. The molecule has 0 radical (unpaired) electrons. The fourth-order valence-corrected chi connectivity index (χ4v) is 4.73. The van der Waals surface area contributed by atoms with Crippen molar-refractivity contribution >= 4 is 21.9 Å². The van der Waals surface area contributed by atoms with Gasteiger partial charge in [-0.25, -0.2) is 9.78 Å². The van der Waals surface area contributed by atoms with E-state index in [1.54, 1.807) is 18.2 Å². The number of ether oxygens (including phenoxy) is 2. The van der Waals surface area contributed by atoms with Gasteiger partial charge >= 0.3 is 5.63 Å². The number of nitrogens with two attached hydrogens (primary N) is 1. The van der Waals surface area contributed by atoms with E-state index in [0.717, 1.165) is 16.5 Å². The van der Waals surface area contributed by atoms with E-state index < -0.39 is 11.5 Å². The first-order valence-electron chi connectivity index (χ1n) is 11.8. The summed E-state index contributed by atoms with van der Waals surface area (Å²) in [7, 11) is 0. The van der Waals surface area contributed by atoms with Crippen molar-refractivity contribution in [3.63, 3.8) is 0 Å². The third-order valence-electron chi connectivity index (χ3n) is 6.50. The molecule has 180 valence electrons. The summed E-state index contributed by atoms with van der Waals surface area (Å²) in [6, 6.07) is 26.4. The lowest BCUT2D eigenvalue weighted by molar-refractivity contribution is 0.379. The molecule has 1 unspecified atom stereocenters. The number of nitrogens with zero attached hydrogens (tertiary/aromatic N) is 2. The SMILES string of the molecule is Cc1ccc(Oc2nc3ccccc3cc2C2C(CC#N)=C(N)Oc3c2c(=O)oc2ccccc32)cc1. The maximum Gasteiger partial charge on any atom is 0.344 e. The number of hydrogen-bond acceptors (Lipinski definition) is 7. The Kier molecular flexibility index (Phi) is 5.35. The molecule has 3 aromatic carbocycles. The van der Waals surface area contributed by atoms with Gasteiger partial charge in [-0.3, -0.25) is 0 Å². The summed E-state index contributed by atoms with van der Waals surface area (Å²) in [5.74, 6) is 0.513. The molecule has 0 aliphatic carbocycles. The molecule has 1 aliphatic rings. The maximum absolute atomic E-state index is 13.4. The van der Waals surface area contributed by atoms with Crippen LogP contribution in [-0.4, -0.2) is 4.98 Å². The predicted octanol–water partition coefficient (Wildman–Crippen LogP) is 6.05. The summed E-state index contributed by atoms with van der Waals surface area (Å²) in [6.07, 6.45) is -0.0565. The van der Waals surface area contributed by atoms with E-state index in [-0.39, 0.29) is 17.9 Å². The molecular formula is C30H21N3O4. The van der Waals surface area contributed by atoms with Crippen LogP contribution in [0.3, 0.4) is 0 Å². The van der Waals surface area contributed by atoms with Gasteiger partial charge in [0.1, 0.15) is 11.3 Å². The predicted molar refractivity (Wildman–Crippen MR) is 139 cm³/mol. The van der Waals surface area contributed by atoms with Crippen LogP contribution in [0.5, 0.6) is 17.4 Å². The van der Waals surface area contributed by atoms with Crippen molar-refractivity contribution in [2.45, 2.75) is 19.3 Å². The summed E-state index contributed by atoms with van der Waals surface area (Å²) in [5, 5.41) is 11.1. The number of aromatic nitrogens is 1. The third kappa shape index (κ3) is 3.85. The van der Waals surface area contributed by atoms with Crippen LogP contribution in [0.25, 0.3) is 21.9 Å². The molecule has 7 heteroatoms. The number of aryl methyl sites for hydroxylation is 1. The number of nitriles is 1. The van der Waals surface area contributed by atoms with Gasteiger partial charge in [0.25, 0.3) is 0 Å². The van der Waals surface area contributed by atoms with Crippen molar-refractivity contribution in [3.8, 4) is 23.4 Å². The number of benzene rings is 3. The van der Waals surface area contributed by atoms with Crippen LogP contribution in [0.15, 0.2) is 99.5 Å². The van der Waals surface area contributed by atoms with Gasteiger partial charge in [-0.15, -0.1) is 0 Å². The molecule has 0 saturated heterocycles. The highest BCUT2D eigenvalue weighted by Crippen LogP contribution is 2.47. The zero-order valence-corrected chi connectivity index (χ0v) is 19.9. The van der Waals surface area contributed by atoms with Crippen molar-refractivity contribution in [2.24, 2.45) is 5.73 Å². The van der Waals surface area contributed by atoms with E-state index in [0.29, 0.717) is 39.5 Å². The summed E-state index contributed by atoms with van der Waals surface area (Å²) in [5.41, 5.74) is 9.31. The quantitative estimate of drug-likeness (QED) is 0.307. The lowest BCUT2D eigenvalue weighted by Gasteiger charge is -2.29. The Morgan fingerprint density at radius 2 is 1.81 bits per heavy atom. The highest BCUT2D eigenvalue weighted by molar-refractivity contribution is 5.86. The third-order valence-corrected chi connectivity index (χ3v) is 6.50. The van der Waals surface area contributed by atoms with Crippen LogP contribution in [0.2, 0.25) is 0 Å². The van der Waals surface area contributed by atoms with Gasteiger partial charge in [0.15, 0.2) is 11.6 Å². The van der Waals surface area contributed by atoms with Crippen molar-refractivity contribution in [1.29, 1.82) is 5.26 Å². The normalized spacial score (nSPS) is 14.8. The van der Waals surface area contributed by atoms with Gasteiger partial charge < -0.3 is 19.6 Å². The fraction of sp³-hybridized carbons (Fsp3) is 0.100. The van der Waals surface area contributed by atoms with E-state index in [1.807, 2.05) is 67.6 Å². The van der Waals surface area contributed by atoms with Crippen molar-refractivity contribution in [2.75, 3.05) is 0 Å². The molecule has 7 nitrogen and oxygen atoms in total. The highest BCUT2D eigenvalue weighted by atomic mass is 16.5. The monoisotopic (exact) mass is 487 g/mol. The Hall–Kier alpha value is -5.09. The van der Waals surface area contributed by atoms with Crippen LogP contribution in [0.1, 0.15) is 29.0 Å². The zero-order chi connectivity index (χ0) is 25.5. The Labute approximate surface area is 212 Å². The molecule has 6 rings (SSSR count). The van der Waals surface area contributed by atoms with E-state index in [4.69, 9.17) is 24.6 Å². The first-order valence-corrected chi connectivity index (χ1v) is 11.8. The van der Waals surface area contributed by atoms with Gasteiger partial charge in [-0.2, -0.15) is 5.26 Å². The molecule has 3 heterocycles. The van der Waals surface area contributed by atoms with E-state index in [2.05, 4.69) is 6.07 Å². The summed E-state index contributed by atoms with van der Waals surface area (Å²) in [6.45, 7) is 1.99. The van der Waals surface area contributed by atoms with Gasteiger partial charge in [0.2, 0.25) is 5.88 Å². The second-order valence-electron chi connectivity index (χ2n) is 8.88. The highest BCUT2D eigenvalue weighted by Gasteiger charge is 2.37. The van der Waals surface area contributed by atoms with Gasteiger partial charge in [0, 0.05) is 16.5 Å². The lowest BCUT2D eigenvalue weighted by Crippen LogP contribution is -2.27. The molecule has 2 N–H and O–H groups in total. The number of fused-ring (bicyclic) bond motifs is 4. The second-order valence-corrected chi connectivity index (χ2v) is 8.88. The van der Waals surface area contributed by atoms with Crippen LogP contribution < -0.4 is 20.8 Å². The average Bonchev–Trinajstić information content (AvgIpc) is 2.90. The molecule has 5 aromatic rings. The lowest BCUT2D eigenvalue weighted by atomic mass is 9.82. The Morgan fingerprint density at radius 3 is 2.62 bits per heavy atom. The topological polar surface area (TPSA) is 111 Å². The molecule has 37 heavy (non-hydrogen) atoms. The summed E-state index contributed by atoms with van der Waals surface area (Å²) in [4.78, 5) is 18.2. The Balaban J connectivity index is 1.66. The van der Waals surface area contributed by atoms with Crippen molar-refractivity contribution < 1.29 is 13.9 Å². The molecule has 1 aliphatic heterocycles. The average molecular weight is 488 g/mol. The molecule has 0 bridgehead atoms. The van der Waals surface area contributed by atoms with Crippen molar-refractivity contribution in [3.05, 3.63) is 117 Å². The molecule has 0 spiro atoms. The van der Waals surface area contributed by atoms with E-state index in [1.165, 1.54) is 0 Å². The number of pyridine rings is 1. The molecule has 0 saturated carbocycles. The Bertz CT molecular complexity index is 1810. The largest absolute Gasteiger partial charge is 0.440 e. The van der Waals surface area contributed by atoms with Crippen molar-refractivity contribution in [1.82, 2.24) is 4.98 Å². The van der Waals surface area contributed by atoms with Gasteiger partial charge in [-0.1, -0.05) is 48.0 Å². The van der Waals surface area contributed by atoms with Gasteiger partial charge in [-0.05, 0) is 43.3 Å². The summed E-state index contributed by atoms with van der Waals surface area (Å²) < 4.78 is 18.0. The second kappa shape index (κ2) is 8.85. The number of allylic oxidation sites excluding steroid dienone is 1. The first-order chi connectivity index (χ1) is 18.0. The number of rotatable bonds is 4. The number of hydrogen-bond donors (Lipinski definition) is 1. The zero-order valence-electron chi connectivity index (χ0n) is 19.9. The van der Waals surface area contributed by atoms with E-state index in [9.17, 15) is 10.1 Å². The number of para-hydroxylation sites is 2. The van der Waals surface area contributed by atoms with Gasteiger partial charge in [0.05, 0.1) is 34.9 Å². The minimum atomic E-state index is -0.762. The maximum atomic E-state index is 13.4. The minimum absolute atomic E-state index is 0.0565. The van der Waals surface area contributed by atoms with Crippen LogP contribution >= 0.6 is 0 Å². The first kappa shape index (κ1) is 22.4. The molecule has 1 atom stereocenters. The fourth-order valence-electron chi connectivity index (χ4n) is 4.73. The minimum Gasteiger partial charge on any atom is -0.440 e. The standard InChI is InChI=1S/C30H21N3O4/c1-17-10-12-19(13-11-17)35-29-22(16-18-6-2-4-8-23(18)33-29)25-21(14-15-31)28(32)37-27-20-7-3-5-9-24(20)36-30(34)26(25)27/h2-13,16,25H,14,32H2,1H3. The van der Waals surface area contributed by atoms with E-state index >= 15 is 0 Å². The Morgan fingerprint density at radius 1 is 1.05 bits per heavy atom. The van der Waals surface area contributed by atoms with Crippen LogP contribution in [0, 0.1) is 18.3 Å². The molecule has 0 fully saturated rings. The molecular weight excluding hydrogens is 466 g/mol. The molecule has 2 aromatic heterocycles. The van der Waals surface area contributed by atoms with Crippen LogP contribution in [-0.2, 0) is 0 Å². The molecule has 0 amide bonds. The smallest absolute Gasteiger partial charge is 0.344 e. The van der Waals surface area contributed by atoms with Crippen LogP contribution in [0.4, 0.5) is 0 Å².